The molecule has 1 aromatic carbocycles. The maximum Gasteiger partial charge on any atom is 0.416 e. The van der Waals surface area contributed by atoms with Crippen LogP contribution in [0.5, 0.6) is 0 Å². The molecule has 0 radical (unpaired) electrons. The van der Waals surface area contributed by atoms with E-state index >= 15 is 0 Å². The maximum atomic E-state index is 12.5. The number of hydrogen-bond donors (Lipinski definition) is 4. The third kappa shape index (κ3) is 4.90. The molecule has 1 heterocycles. The number of thiazole rings is 1. The van der Waals surface area contributed by atoms with E-state index in [2.05, 4.69) is 15.6 Å². The van der Waals surface area contributed by atoms with E-state index < -0.39 is 36.2 Å². The Morgan fingerprint density at radius 1 is 1.24 bits per heavy atom. The monoisotopic (exact) mass is 374 g/mol. The summed E-state index contributed by atoms with van der Waals surface area (Å²) in [5.74, 6) is -1.65. The molecule has 0 fully saturated rings. The van der Waals surface area contributed by atoms with Crippen molar-refractivity contribution < 1.29 is 27.9 Å². The molecule has 3 amide bonds. The van der Waals surface area contributed by atoms with Crippen LogP contribution in [-0.4, -0.2) is 28.6 Å². The van der Waals surface area contributed by atoms with Gasteiger partial charge in [-0.1, -0.05) is 0 Å². The van der Waals surface area contributed by atoms with Crippen LogP contribution in [0.3, 0.4) is 0 Å². The summed E-state index contributed by atoms with van der Waals surface area (Å²) in [5.41, 5.74) is 4.47. The van der Waals surface area contributed by atoms with E-state index in [9.17, 15) is 22.8 Å². The molecular weight excluding hydrogens is 361 g/mol. The summed E-state index contributed by atoms with van der Waals surface area (Å²) in [6.45, 7) is -0.491. The number of alkyl halides is 3. The summed E-state index contributed by atoms with van der Waals surface area (Å²) in [4.78, 5) is 27.2. The number of aliphatic hydroxyl groups excluding tert-OH is 1. The van der Waals surface area contributed by atoms with Crippen molar-refractivity contribution >= 4 is 34.1 Å². The Morgan fingerprint density at radius 2 is 1.88 bits per heavy atom. The molecule has 134 valence electrons. The average molecular weight is 374 g/mol. The molecule has 7 nitrogen and oxygen atoms in total. The van der Waals surface area contributed by atoms with Gasteiger partial charge in [0.05, 0.1) is 18.1 Å². The number of amides is 3. The number of primary amides is 1. The molecule has 2 aromatic rings. The molecule has 0 aliphatic carbocycles. The first-order valence-corrected chi connectivity index (χ1v) is 7.63. The molecule has 1 unspecified atom stereocenters. The van der Waals surface area contributed by atoms with E-state index in [0.29, 0.717) is 4.88 Å². The smallest absolute Gasteiger partial charge is 0.395 e. The highest BCUT2D eigenvalue weighted by atomic mass is 32.1. The van der Waals surface area contributed by atoms with Gasteiger partial charge in [0.2, 0.25) is 5.91 Å². The SMILES string of the molecule is NC(=O)C(CO)c1cnc(NC(=O)Nc2ccc(C(F)(F)F)cc2)s1. The highest BCUT2D eigenvalue weighted by Crippen LogP contribution is 2.30. The lowest BCUT2D eigenvalue weighted by Gasteiger charge is -2.09. The third-order valence-electron chi connectivity index (χ3n) is 3.08. The van der Waals surface area contributed by atoms with Gasteiger partial charge in [-0.25, -0.2) is 9.78 Å². The Hall–Kier alpha value is -2.66. The number of nitrogens with zero attached hydrogens (tertiary/aromatic N) is 1. The zero-order chi connectivity index (χ0) is 18.6. The van der Waals surface area contributed by atoms with Gasteiger partial charge < -0.3 is 16.2 Å². The lowest BCUT2D eigenvalue weighted by Crippen LogP contribution is -2.23. The summed E-state index contributed by atoms with van der Waals surface area (Å²) in [7, 11) is 0. The quantitative estimate of drug-likeness (QED) is 0.643. The van der Waals surface area contributed by atoms with Gasteiger partial charge in [-0.15, -0.1) is 11.3 Å². The number of benzene rings is 1. The second kappa shape index (κ2) is 7.49. The standard InChI is InChI=1S/C14H13F3N4O3S/c15-14(16,17)7-1-3-8(4-2-7)20-12(24)21-13-19-5-10(25-13)9(6-22)11(18)23/h1-5,9,22H,6H2,(H2,18,23)(H2,19,20,21,24). The van der Waals surface area contributed by atoms with Crippen molar-refractivity contribution in [2.75, 3.05) is 17.2 Å². The Bertz CT molecular complexity index is 761. The first-order valence-electron chi connectivity index (χ1n) is 6.82. The lowest BCUT2D eigenvalue weighted by atomic mass is 10.1. The minimum Gasteiger partial charge on any atom is -0.395 e. The molecule has 0 aliphatic rings. The van der Waals surface area contributed by atoms with E-state index in [1.165, 1.54) is 6.20 Å². The van der Waals surface area contributed by atoms with Crippen LogP contribution in [0, 0.1) is 0 Å². The predicted octanol–water partition coefficient (Wildman–Crippen LogP) is 2.37. The van der Waals surface area contributed by atoms with Crippen molar-refractivity contribution in [1.29, 1.82) is 0 Å². The number of hydrogen-bond acceptors (Lipinski definition) is 5. The lowest BCUT2D eigenvalue weighted by molar-refractivity contribution is -0.137. The molecule has 0 saturated heterocycles. The van der Waals surface area contributed by atoms with Crippen LogP contribution in [0.25, 0.3) is 0 Å². The van der Waals surface area contributed by atoms with Crippen LogP contribution in [0.1, 0.15) is 16.4 Å². The summed E-state index contributed by atoms with van der Waals surface area (Å²) >= 11 is 0.946. The molecule has 1 aromatic heterocycles. The van der Waals surface area contributed by atoms with E-state index in [1.54, 1.807) is 0 Å². The third-order valence-corrected chi connectivity index (χ3v) is 4.11. The van der Waals surface area contributed by atoms with Gasteiger partial charge in [0, 0.05) is 16.8 Å². The molecule has 1 atom stereocenters. The zero-order valence-electron chi connectivity index (χ0n) is 12.5. The van der Waals surface area contributed by atoms with Crippen LogP contribution < -0.4 is 16.4 Å². The minimum atomic E-state index is -4.46. The van der Waals surface area contributed by atoms with Crippen LogP contribution >= 0.6 is 11.3 Å². The van der Waals surface area contributed by atoms with Crippen molar-refractivity contribution in [1.82, 2.24) is 4.98 Å². The fourth-order valence-electron chi connectivity index (χ4n) is 1.83. The molecule has 0 bridgehead atoms. The fourth-order valence-corrected chi connectivity index (χ4v) is 2.74. The Kier molecular flexibility index (Phi) is 5.59. The van der Waals surface area contributed by atoms with Gasteiger partial charge in [0.25, 0.3) is 0 Å². The Labute approximate surface area is 143 Å². The average Bonchev–Trinajstić information content (AvgIpc) is 2.95. The van der Waals surface area contributed by atoms with E-state index in [-0.39, 0.29) is 10.8 Å². The van der Waals surface area contributed by atoms with Crippen molar-refractivity contribution in [3.63, 3.8) is 0 Å². The number of carbonyl (C=O) groups is 2. The number of carbonyl (C=O) groups excluding carboxylic acids is 2. The molecule has 11 heteroatoms. The van der Waals surface area contributed by atoms with E-state index in [1.807, 2.05) is 0 Å². The maximum absolute atomic E-state index is 12.5. The van der Waals surface area contributed by atoms with Crippen molar-refractivity contribution in [2.24, 2.45) is 5.73 Å². The first-order chi connectivity index (χ1) is 11.7. The number of rotatable bonds is 5. The van der Waals surface area contributed by atoms with Crippen LogP contribution in [0.4, 0.5) is 28.8 Å². The van der Waals surface area contributed by atoms with E-state index in [4.69, 9.17) is 10.8 Å². The molecule has 0 saturated carbocycles. The zero-order valence-corrected chi connectivity index (χ0v) is 13.3. The summed E-state index contributed by atoms with van der Waals surface area (Å²) < 4.78 is 37.4. The van der Waals surface area contributed by atoms with E-state index in [0.717, 1.165) is 35.6 Å². The topological polar surface area (TPSA) is 117 Å². The van der Waals surface area contributed by atoms with Crippen LogP contribution in [-0.2, 0) is 11.0 Å². The van der Waals surface area contributed by atoms with Crippen molar-refractivity contribution in [3.8, 4) is 0 Å². The van der Waals surface area contributed by atoms with Crippen molar-refractivity contribution in [2.45, 2.75) is 12.1 Å². The fraction of sp³-hybridized carbons (Fsp3) is 0.214. The molecular formula is C14H13F3N4O3S. The first kappa shape index (κ1) is 18.7. The number of halogens is 3. The van der Waals surface area contributed by atoms with Crippen LogP contribution in [0.2, 0.25) is 0 Å². The van der Waals surface area contributed by atoms with Crippen LogP contribution in [0.15, 0.2) is 30.5 Å². The van der Waals surface area contributed by atoms with Gasteiger partial charge in [0.1, 0.15) is 0 Å². The number of anilines is 2. The van der Waals surface area contributed by atoms with Gasteiger partial charge in [-0.05, 0) is 24.3 Å². The predicted molar refractivity (Wildman–Crippen MR) is 85.2 cm³/mol. The Morgan fingerprint density at radius 3 is 2.40 bits per heavy atom. The summed E-state index contributed by atoms with van der Waals surface area (Å²) in [6.07, 6.45) is -3.16. The summed E-state index contributed by atoms with van der Waals surface area (Å²) in [5, 5.41) is 14.0. The number of nitrogens with one attached hydrogen (secondary N) is 2. The van der Waals surface area contributed by atoms with Crippen molar-refractivity contribution in [3.05, 3.63) is 40.9 Å². The molecule has 5 N–H and O–H groups in total. The second-order valence-corrected chi connectivity index (χ2v) is 5.92. The number of nitrogens with two attached hydrogens (primary N) is 1. The number of aliphatic hydroxyl groups is 1. The number of urea groups is 1. The second-order valence-electron chi connectivity index (χ2n) is 4.86. The van der Waals surface area contributed by atoms with Gasteiger partial charge in [0.15, 0.2) is 5.13 Å². The number of aromatic nitrogens is 1. The normalized spacial score (nSPS) is 12.5. The highest BCUT2D eigenvalue weighted by molar-refractivity contribution is 7.16. The minimum absolute atomic E-state index is 0.138. The molecule has 2 rings (SSSR count). The Balaban J connectivity index is 1.99. The highest BCUT2D eigenvalue weighted by Gasteiger charge is 2.30. The molecule has 0 aliphatic heterocycles. The largest absolute Gasteiger partial charge is 0.416 e. The van der Waals surface area contributed by atoms with Gasteiger partial charge >= 0.3 is 12.2 Å². The molecule has 0 spiro atoms. The van der Waals surface area contributed by atoms with Gasteiger partial charge in [-0.2, -0.15) is 13.2 Å². The molecule has 25 heavy (non-hydrogen) atoms. The van der Waals surface area contributed by atoms with Gasteiger partial charge in [-0.3, -0.25) is 10.1 Å². The summed E-state index contributed by atoms with van der Waals surface area (Å²) in [6, 6.07) is 3.20.